The smallest absolute Gasteiger partial charge is 0.227 e. The summed E-state index contributed by atoms with van der Waals surface area (Å²) in [5.41, 5.74) is 6.36. The lowest BCUT2D eigenvalue weighted by atomic mass is 9.68. The second kappa shape index (κ2) is 4.27. The molecule has 3 nitrogen and oxygen atoms in total. The maximum atomic E-state index is 12.1. The Kier molecular flexibility index (Phi) is 2.89. The van der Waals surface area contributed by atoms with E-state index in [1.807, 2.05) is 0 Å². The normalized spacial score (nSPS) is 35.9. The summed E-state index contributed by atoms with van der Waals surface area (Å²) in [6.07, 6.45) is 10.4. The summed E-state index contributed by atoms with van der Waals surface area (Å²) in [6, 6.07) is 0.160. The Balaban J connectivity index is 1.54. The predicted octanol–water partition coefficient (Wildman–Crippen LogP) is 1.91. The van der Waals surface area contributed by atoms with E-state index in [2.05, 4.69) is 4.90 Å². The van der Waals surface area contributed by atoms with Crippen LogP contribution in [0, 0.1) is 11.3 Å². The highest BCUT2D eigenvalue weighted by Gasteiger charge is 2.44. The quantitative estimate of drug-likeness (QED) is 0.756. The first-order valence-electron chi connectivity index (χ1n) is 7.25. The highest BCUT2D eigenvalue weighted by molar-refractivity contribution is 5.82. The van der Waals surface area contributed by atoms with Gasteiger partial charge in [-0.1, -0.05) is 19.3 Å². The summed E-state index contributed by atoms with van der Waals surface area (Å²) in [5.74, 6) is 0.499. The molecule has 17 heavy (non-hydrogen) atoms. The number of hydrogen-bond acceptors (Lipinski definition) is 2. The maximum Gasteiger partial charge on any atom is 0.227 e. The average Bonchev–Trinajstić information content (AvgIpc) is 3.08. The minimum absolute atomic E-state index is 0.160. The fourth-order valence-electron chi connectivity index (χ4n) is 3.74. The maximum absolute atomic E-state index is 12.1. The van der Waals surface area contributed by atoms with Crippen LogP contribution in [0.1, 0.15) is 51.4 Å². The molecule has 2 N–H and O–H groups in total. The summed E-state index contributed by atoms with van der Waals surface area (Å²) in [6.45, 7) is 1.98. The molecular formula is C14H24N2O. The Labute approximate surface area is 104 Å². The van der Waals surface area contributed by atoms with Gasteiger partial charge in [0.2, 0.25) is 5.91 Å². The third-order valence-corrected chi connectivity index (χ3v) is 5.21. The summed E-state index contributed by atoms with van der Waals surface area (Å²) < 4.78 is 0. The van der Waals surface area contributed by atoms with Crippen LogP contribution in [-0.2, 0) is 4.79 Å². The zero-order valence-corrected chi connectivity index (χ0v) is 10.7. The number of piperidine rings is 1. The van der Waals surface area contributed by atoms with E-state index in [4.69, 9.17) is 5.73 Å². The Hall–Kier alpha value is -0.570. The zero-order chi connectivity index (χ0) is 11.9. The van der Waals surface area contributed by atoms with Crippen LogP contribution in [0.25, 0.3) is 0 Å². The van der Waals surface area contributed by atoms with Gasteiger partial charge < -0.3 is 10.6 Å². The van der Waals surface area contributed by atoms with Crippen molar-refractivity contribution in [1.82, 2.24) is 4.90 Å². The summed E-state index contributed by atoms with van der Waals surface area (Å²) in [5, 5.41) is 0. The van der Waals surface area contributed by atoms with E-state index >= 15 is 0 Å². The van der Waals surface area contributed by atoms with Crippen molar-refractivity contribution in [3.8, 4) is 0 Å². The first-order chi connectivity index (χ1) is 8.20. The number of carbonyl (C=O) groups is 1. The predicted molar refractivity (Wildman–Crippen MR) is 67.4 cm³/mol. The van der Waals surface area contributed by atoms with Crippen molar-refractivity contribution in [2.24, 2.45) is 17.1 Å². The Bertz CT molecular complexity index is 299. The molecule has 1 heterocycles. The SMILES string of the molecule is NC1CC1C(=O)N1CCC2(CCCCC2)CC1. The van der Waals surface area contributed by atoms with Crippen LogP contribution in [0.2, 0.25) is 0 Å². The number of likely N-dealkylation sites (tertiary alicyclic amines) is 1. The van der Waals surface area contributed by atoms with Crippen LogP contribution in [0.3, 0.4) is 0 Å². The van der Waals surface area contributed by atoms with Gasteiger partial charge in [-0.05, 0) is 37.5 Å². The van der Waals surface area contributed by atoms with E-state index in [-0.39, 0.29) is 12.0 Å². The third kappa shape index (κ3) is 2.22. The monoisotopic (exact) mass is 236 g/mol. The van der Waals surface area contributed by atoms with E-state index in [9.17, 15) is 4.79 Å². The number of amides is 1. The summed E-state index contributed by atoms with van der Waals surface area (Å²) in [7, 11) is 0. The van der Waals surface area contributed by atoms with E-state index < -0.39 is 0 Å². The van der Waals surface area contributed by atoms with Crippen LogP contribution < -0.4 is 5.73 Å². The van der Waals surface area contributed by atoms with Gasteiger partial charge in [0, 0.05) is 19.1 Å². The van der Waals surface area contributed by atoms with Crippen molar-refractivity contribution in [2.45, 2.75) is 57.4 Å². The molecule has 2 unspecified atom stereocenters. The van der Waals surface area contributed by atoms with Crippen LogP contribution in [-0.4, -0.2) is 29.9 Å². The molecule has 1 amide bonds. The van der Waals surface area contributed by atoms with Crippen molar-refractivity contribution >= 4 is 5.91 Å². The summed E-state index contributed by atoms with van der Waals surface area (Å²) >= 11 is 0. The lowest BCUT2D eigenvalue weighted by molar-refractivity contribution is -0.135. The molecule has 3 rings (SSSR count). The van der Waals surface area contributed by atoms with Gasteiger partial charge in [0.1, 0.15) is 0 Å². The second-order valence-corrected chi connectivity index (χ2v) is 6.39. The Morgan fingerprint density at radius 1 is 1.06 bits per heavy atom. The minimum atomic E-state index is 0.160. The van der Waals surface area contributed by atoms with Crippen molar-refractivity contribution in [3.63, 3.8) is 0 Å². The number of nitrogens with two attached hydrogens (primary N) is 1. The van der Waals surface area contributed by atoms with Gasteiger partial charge in [0.05, 0.1) is 5.92 Å². The number of nitrogens with zero attached hydrogens (tertiary/aromatic N) is 1. The Morgan fingerprint density at radius 3 is 2.18 bits per heavy atom. The average molecular weight is 236 g/mol. The third-order valence-electron chi connectivity index (χ3n) is 5.21. The van der Waals surface area contributed by atoms with E-state index in [1.54, 1.807) is 0 Å². The minimum Gasteiger partial charge on any atom is -0.342 e. The van der Waals surface area contributed by atoms with Crippen molar-refractivity contribution in [3.05, 3.63) is 0 Å². The van der Waals surface area contributed by atoms with Gasteiger partial charge in [0.15, 0.2) is 0 Å². The first kappa shape index (κ1) is 11.5. The van der Waals surface area contributed by atoms with Gasteiger partial charge in [-0.25, -0.2) is 0 Å². The topological polar surface area (TPSA) is 46.3 Å². The molecule has 0 bridgehead atoms. The molecule has 3 heteroatoms. The van der Waals surface area contributed by atoms with Crippen molar-refractivity contribution < 1.29 is 4.79 Å². The van der Waals surface area contributed by atoms with Gasteiger partial charge in [-0.2, -0.15) is 0 Å². The van der Waals surface area contributed by atoms with Gasteiger partial charge >= 0.3 is 0 Å². The standard InChI is InChI=1S/C14H24N2O/c15-12-10-11(12)13(17)16-8-6-14(7-9-16)4-2-1-3-5-14/h11-12H,1-10,15H2. The molecule has 2 saturated carbocycles. The van der Waals surface area contributed by atoms with Gasteiger partial charge in [0.25, 0.3) is 0 Å². The summed E-state index contributed by atoms with van der Waals surface area (Å²) in [4.78, 5) is 14.2. The fourth-order valence-corrected chi connectivity index (χ4v) is 3.74. The molecule has 1 saturated heterocycles. The molecule has 0 aromatic rings. The molecule has 2 aliphatic carbocycles. The van der Waals surface area contributed by atoms with Crippen molar-refractivity contribution in [2.75, 3.05) is 13.1 Å². The van der Waals surface area contributed by atoms with Crippen LogP contribution in [0.5, 0.6) is 0 Å². The largest absolute Gasteiger partial charge is 0.342 e. The van der Waals surface area contributed by atoms with Crippen LogP contribution in [0.15, 0.2) is 0 Å². The second-order valence-electron chi connectivity index (χ2n) is 6.39. The lowest BCUT2D eigenvalue weighted by Crippen LogP contribution is -2.45. The van der Waals surface area contributed by atoms with E-state index in [0.29, 0.717) is 11.3 Å². The number of carbonyl (C=O) groups excluding carboxylic acids is 1. The highest BCUT2D eigenvalue weighted by atomic mass is 16.2. The van der Waals surface area contributed by atoms with Crippen LogP contribution in [0.4, 0.5) is 0 Å². The molecule has 1 aliphatic heterocycles. The molecule has 0 radical (unpaired) electrons. The molecule has 3 fully saturated rings. The lowest BCUT2D eigenvalue weighted by Gasteiger charge is -2.44. The first-order valence-corrected chi connectivity index (χ1v) is 7.25. The van der Waals surface area contributed by atoms with E-state index in [1.165, 1.54) is 44.9 Å². The number of hydrogen-bond donors (Lipinski definition) is 1. The molecule has 96 valence electrons. The van der Waals surface area contributed by atoms with Crippen molar-refractivity contribution in [1.29, 1.82) is 0 Å². The Morgan fingerprint density at radius 2 is 1.65 bits per heavy atom. The molecule has 1 spiro atoms. The molecule has 0 aromatic heterocycles. The molecule has 2 atom stereocenters. The van der Waals surface area contributed by atoms with Gasteiger partial charge in [-0.3, -0.25) is 4.79 Å². The van der Waals surface area contributed by atoms with Gasteiger partial charge in [-0.15, -0.1) is 0 Å². The number of rotatable bonds is 1. The highest BCUT2D eigenvalue weighted by Crippen LogP contribution is 2.45. The molecular weight excluding hydrogens is 212 g/mol. The fraction of sp³-hybridized carbons (Fsp3) is 0.929. The van der Waals surface area contributed by atoms with Crippen LogP contribution >= 0.6 is 0 Å². The molecule has 3 aliphatic rings. The van der Waals surface area contributed by atoms with E-state index in [0.717, 1.165) is 19.5 Å². The molecule has 0 aromatic carbocycles. The zero-order valence-electron chi connectivity index (χ0n) is 10.7.